The van der Waals surface area contributed by atoms with Crippen LogP contribution >= 0.6 is 11.3 Å². The molecule has 144 valence electrons. The Labute approximate surface area is 173 Å². The molecule has 1 aromatic heterocycles. The summed E-state index contributed by atoms with van der Waals surface area (Å²) in [6.45, 7) is 0. The lowest BCUT2D eigenvalue weighted by Gasteiger charge is -2.08. The zero-order valence-electron chi connectivity index (χ0n) is 15.5. The summed E-state index contributed by atoms with van der Waals surface area (Å²) in [7, 11) is 0. The normalized spacial score (nSPS) is 11.7. The predicted octanol–water partition coefficient (Wildman–Crippen LogP) is 4.23. The van der Waals surface area contributed by atoms with Gasteiger partial charge in [-0.2, -0.15) is 5.10 Å². The number of nitrogens with one attached hydrogen (secondary N) is 2. The van der Waals surface area contributed by atoms with Crippen LogP contribution in [0.2, 0.25) is 0 Å². The second-order valence-electron chi connectivity index (χ2n) is 5.88. The summed E-state index contributed by atoms with van der Waals surface area (Å²) < 4.78 is 0. The van der Waals surface area contributed by atoms with E-state index in [4.69, 9.17) is 0 Å². The lowest BCUT2D eigenvalue weighted by molar-refractivity contribution is -0.117. The van der Waals surface area contributed by atoms with Crippen LogP contribution in [-0.4, -0.2) is 18.0 Å². The van der Waals surface area contributed by atoms with Gasteiger partial charge >= 0.3 is 0 Å². The quantitative estimate of drug-likeness (QED) is 0.269. The van der Waals surface area contributed by atoms with E-state index in [1.54, 1.807) is 42.6 Å². The molecule has 0 unspecified atom stereocenters. The number of amides is 2. The molecule has 0 atom stereocenters. The Bertz CT molecular complexity index is 1020. The van der Waals surface area contributed by atoms with Gasteiger partial charge in [-0.1, -0.05) is 66.7 Å². The minimum atomic E-state index is -0.514. The van der Waals surface area contributed by atoms with Gasteiger partial charge in [-0.3, -0.25) is 9.59 Å². The molecule has 0 bridgehead atoms. The Morgan fingerprint density at radius 1 is 0.897 bits per heavy atom. The van der Waals surface area contributed by atoms with E-state index in [0.717, 1.165) is 10.4 Å². The first-order valence-corrected chi connectivity index (χ1v) is 9.77. The lowest BCUT2D eigenvalue weighted by atomic mass is 10.2. The van der Waals surface area contributed by atoms with Crippen LogP contribution in [0.15, 0.2) is 101 Å². The number of allylic oxidation sites excluding steroid dienone is 2. The molecule has 2 N–H and O–H groups in total. The molecule has 29 heavy (non-hydrogen) atoms. The minimum Gasteiger partial charge on any atom is -0.317 e. The van der Waals surface area contributed by atoms with Crippen molar-refractivity contribution in [1.82, 2.24) is 10.7 Å². The Morgan fingerprint density at radius 3 is 2.31 bits per heavy atom. The van der Waals surface area contributed by atoms with Crippen LogP contribution in [0.1, 0.15) is 20.8 Å². The van der Waals surface area contributed by atoms with E-state index in [-0.39, 0.29) is 11.6 Å². The minimum absolute atomic E-state index is 0.0920. The van der Waals surface area contributed by atoms with Gasteiger partial charge in [-0.15, -0.1) is 11.3 Å². The first kappa shape index (κ1) is 20.0. The monoisotopic (exact) mass is 401 g/mol. The van der Waals surface area contributed by atoms with E-state index < -0.39 is 5.91 Å². The molecule has 0 fully saturated rings. The number of rotatable bonds is 7. The highest BCUT2D eigenvalue weighted by Crippen LogP contribution is 2.05. The maximum atomic E-state index is 12.5. The lowest BCUT2D eigenvalue weighted by Crippen LogP contribution is -2.32. The fraction of sp³-hybridized carbons (Fsp3) is 0. The van der Waals surface area contributed by atoms with Gasteiger partial charge in [-0.25, -0.2) is 5.43 Å². The van der Waals surface area contributed by atoms with Crippen LogP contribution in [0.3, 0.4) is 0 Å². The van der Waals surface area contributed by atoms with Crippen molar-refractivity contribution in [1.29, 1.82) is 0 Å². The summed E-state index contributed by atoms with van der Waals surface area (Å²) in [6, 6.07) is 22.2. The molecule has 0 aliphatic carbocycles. The molecule has 2 aromatic carbocycles. The molecule has 0 aliphatic heterocycles. The van der Waals surface area contributed by atoms with E-state index in [0.29, 0.717) is 5.56 Å². The molecule has 0 aliphatic rings. The molecule has 6 heteroatoms. The number of thiophene rings is 1. The number of nitrogens with zero attached hydrogens (tertiary/aromatic N) is 1. The van der Waals surface area contributed by atoms with Crippen molar-refractivity contribution < 1.29 is 9.59 Å². The third kappa shape index (κ3) is 6.41. The average molecular weight is 401 g/mol. The molecule has 0 saturated carbocycles. The van der Waals surface area contributed by atoms with E-state index in [1.165, 1.54) is 11.3 Å². The Balaban J connectivity index is 1.74. The van der Waals surface area contributed by atoms with Gasteiger partial charge in [0.2, 0.25) is 0 Å². The van der Waals surface area contributed by atoms with Crippen molar-refractivity contribution in [3.8, 4) is 0 Å². The largest absolute Gasteiger partial charge is 0.317 e. The van der Waals surface area contributed by atoms with E-state index >= 15 is 0 Å². The van der Waals surface area contributed by atoms with Gasteiger partial charge in [0.15, 0.2) is 0 Å². The number of hydrogen-bond donors (Lipinski definition) is 2. The van der Waals surface area contributed by atoms with E-state index in [2.05, 4.69) is 15.8 Å². The van der Waals surface area contributed by atoms with Gasteiger partial charge in [0.25, 0.3) is 11.8 Å². The number of benzene rings is 2. The smallest absolute Gasteiger partial charge is 0.287 e. The van der Waals surface area contributed by atoms with Crippen LogP contribution in [0.25, 0.3) is 6.08 Å². The topological polar surface area (TPSA) is 70.6 Å². The molecular formula is C23H19N3O2S. The summed E-state index contributed by atoms with van der Waals surface area (Å²) in [5, 5.41) is 8.52. The van der Waals surface area contributed by atoms with E-state index in [1.807, 2.05) is 60.0 Å². The molecule has 3 aromatic rings. The number of hydrazone groups is 1. The van der Waals surface area contributed by atoms with Crippen molar-refractivity contribution in [2.24, 2.45) is 5.10 Å². The second kappa shape index (κ2) is 10.5. The highest BCUT2D eigenvalue weighted by molar-refractivity contribution is 7.11. The number of carbonyl (C=O) groups excluding carboxylic acids is 2. The zero-order chi connectivity index (χ0) is 20.3. The summed E-state index contributed by atoms with van der Waals surface area (Å²) >= 11 is 1.51. The average Bonchev–Trinajstić information content (AvgIpc) is 3.28. The van der Waals surface area contributed by atoms with Gasteiger partial charge in [0.05, 0.1) is 6.21 Å². The van der Waals surface area contributed by atoms with E-state index in [9.17, 15) is 9.59 Å². The Hall–Kier alpha value is -3.77. The summed E-state index contributed by atoms with van der Waals surface area (Å²) in [4.78, 5) is 25.9. The van der Waals surface area contributed by atoms with Crippen molar-refractivity contribution in [3.63, 3.8) is 0 Å². The summed E-state index contributed by atoms with van der Waals surface area (Å²) in [5.74, 6) is -0.887. The van der Waals surface area contributed by atoms with Crippen LogP contribution in [0, 0.1) is 0 Å². The van der Waals surface area contributed by atoms with Crippen molar-refractivity contribution >= 4 is 35.4 Å². The molecule has 2 amide bonds. The number of carbonyl (C=O) groups is 2. The molecule has 0 saturated heterocycles. The van der Waals surface area contributed by atoms with Gasteiger partial charge in [0.1, 0.15) is 5.70 Å². The Kier molecular flexibility index (Phi) is 7.26. The summed E-state index contributed by atoms with van der Waals surface area (Å²) in [5.41, 5.74) is 3.98. The van der Waals surface area contributed by atoms with Gasteiger partial charge in [0, 0.05) is 10.4 Å². The second-order valence-corrected chi connectivity index (χ2v) is 6.86. The Morgan fingerprint density at radius 2 is 1.62 bits per heavy atom. The van der Waals surface area contributed by atoms with Crippen molar-refractivity contribution in [2.75, 3.05) is 0 Å². The van der Waals surface area contributed by atoms with Crippen molar-refractivity contribution in [2.45, 2.75) is 0 Å². The highest BCUT2D eigenvalue weighted by atomic mass is 32.1. The third-order valence-corrected chi connectivity index (χ3v) is 4.59. The fourth-order valence-electron chi connectivity index (χ4n) is 2.36. The molecule has 0 spiro atoms. The van der Waals surface area contributed by atoms with Gasteiger partial charge < -0.3 is 5.32 Å². The van der Waals surface area contributed by atoms with Crippen molar-refractivity contribution in [3.05, 3.63) is 112 Å². The molecule has 3 rings (SSSR count). The first-order valence-electron chi connectivity index (χ1n) is 8.89. The molecule has 1 heterocycles. The maximum Gasteiger partial charge on any atom is 0.287 e. The van der Waals surface area contributed by atoms with Crippen LogP contribution in [0.5, 0.6) is 0 Å². The maximum absolute atomic E-state index is 12.5. The molecule has 5 nitrogen and oxygen atoms in total. The zero-order valence-corrected chi connectivity index (χ0v) is 16.3. The standard InChI is InChI=1S/C23H19N3O2S/c27-22(19-12-5-2-6-13-19)25-21(15-7-11-18-9-3-1-4-10-18)23(28)26-24-17-20-14-8-16-29-20/h1-17H,(H,25,27)(H,26,28)/b11-7+,21-15-,24-17+. The van der Waals surface area contributed by atoms with Crippen LogP contribution in [0.4, 0.5) is 0 Å². The van der Waals surface area contributed by atoms with Gasteiger partial charge in [-0.05, 0) is 35.2 Å². The number of hydrogen-bond acceptors (Lipinski definition) is 4. The molecular weight excluding hydrogens is 382 g/mol. The van der Waals surface area contributed by atoms with Crippen LogP contribution in [-0.2, 0) is 4.79 Å². The predicted molar refractivity (Wildman–Crippen MR) is 118 cm³/mol. The molecule has 0 radical (unpaired) electrons. The fourth-order valence-corrected chi connectivity index (χ4v) is 2.94. The van der Waals surface area contributed by atoms with Crippen LogP contribution < -0.4 is 10.7 Å². The first-order chi connectivity index (χ1) is 14.2. The highest BCUT2D eigenvalue weighted by Gasteiger charge is 2.13. The third-order valence-electron chi connectivity index (χ3n) is 3.78. The summed E-state index contributed by atoms with van der Waals surface area (Å²) in [6.07, 6.45) is 6.65. The SMILES string of the molecule is O=C(N/N=C/c1cccs1)/C(=C/C=C/c1ccccc1)NC(=O)c1ccccc1.